The molecule has 35 heavy (non-hydrogen) atoms. The molecule has 12 heteroatoms. The molecule has 2 aliphatic heterocycles. The number of carbonyl (C=O) groups excluding carboxylic acids is 1. The van der Waals surface area contributed by atoms with Crippen LogP contribution in [0.1, 0.15) is 18.5 Å². The highest BCUT2D eigenvalue weighted by molar-refractivity contribution is 5.96. The monoisotopic (exact) mass is 491 g/mol. The average molecular weight is 491 g/mol. The lowest BCUT2D eigenvalue weighted by molar-refractivity contribution is -0.192. The van der Waals surface area contributed by atoms with Gasteiger partial charge in [0.15, 0.2) is 0 Å². The van der Waals surface area contributed by atoms with E-state index in [0.717, 1.165) is 46.4 Å². The van der Waals surface area contributed by atoms with Gasteiger partial charge in [-0.25, -0.2) is 4.79 Å². The van der Waals surface area contributed by atoms with Gasteiger partial charge in [0.1, 0.15) is 11.9 Å². The summed E-state index contributed by atoms with van der Waals surface area (Å²) in [5.41, 5.74) is 4.05. The number of nitrogens with zero attached hydrogens (tertiary/aromatic N) is 3. The van der Waals surface area contributed by atoms with Gasteiger partial charge in [-0.1, -0.05) is 12.1 Å². The number of rotatable bonds is 0. The number of aryl methyl sites for hydroxylation is 2. The number of amides is 1. The number of ether oxygens (including phenoxy) is 1. The molecule has 1 aromatic carbocycles. The van der Waals surface area contributed by atoms with E-state index in [2.05, 4.69) is 26.8 Å². The number of nitrogens with one attached hydrogen (secondary N) is 2. The van der Waals surface area contributed by atoms with Gasteiger partial charge in [0.2, 0.25) is 5.91 Å². The van der Waals surface area contributed by atoms with E-state index in [9.17, 15) is 18.0 Å². The lowest BCUT2D eigenvalue weighted by Crippen LogP contribution is -2.40. The van der Waals surface area contributed by atoms with E-state index in [4.69, 9.17) is 14.6 Å². The molecule has 2 aromatic heterocycles. The molecular weight excluding hydrogens is 467 g/mol. The molecule has 1 fully saturated rings. The van der Waals surface area contributed by atoms with Gasteiger partial charge in [-0.2, -0.15) is 18.3 Å². The summed E-state index contributed by atoms with van der Waals surface area (Å²) >= 11 is 0. The summed E-state index contributed by atoms with van der Waals surface area (Å²) in [6.45, 7) is 1.31. The number of halogens is 3. The van der Waals surface area contributed by atoms with E-state index in [1.165, 1.54) is 0 Å². The number of alkyl halides is 3. The minimum atomic E-state index is -5.08. The second-order valence-corrected chi connectivity index (χ2v) is 8.28. The number of hydrogen-bond acceptors (Lipinski definition) is 6. The van der Waals surface area contributed by atoms with Gasteiger partial charge < -0.3 is 20.5 Å². The van der Waals surface area contributed by atoms with Gasteiger partial charge in [-0.05, 0) is 25.0 Å². The minimum absolute atomic E-state index is 0.0270. The van der Waals surface area contributed by atoms with E-state index in [1.807, 2.05) is 36.0 Å². The van der Waals surface area contributed by atoms with E-state index in [1.54, 1.807) is 6.20 Å². The summed E-state index contributed by atoms with van der Waals surface area (Å²) in [5, 5.41) is 19.2. The molecule has 2 unspecified atom stereocenters. The molecule has 4 bridgehead atoms. The van der Waals surface area contributed by atoms with Crippen molar-refractivity contribution in [1.82, 2.24) is 25.4 Å². The Morgan fingerprint density at radius 1 is 1.29 bits per heavy atom. The van der Waals surface area contributed by atoms with Crippen LogP contribution in [0.5, 0.6) is 5.75 Å². The van der Waals surface area contributed by atoms with Crippen LogP contribution in [0.15, 0.2) is 36.5 Å². The minimum Gasteiger partial charge on any atom is -0.489 e. The van der Waals surface area contributed by atoms with E-state index < -0.39 is 12.1 Å². The van der Waals surface area contributed by atoms with Crippen LogP contribution in [0, 0.1) is 0 Å². The molecule has 0 spiro atoms. The number of carbonyl (C=O) groups is 2. The van der Waals surface area contributed by atoms with Crippen molar-refractivity contribution in [3.05, 3.63) is 42.2 Å². The first-order valence-electron chi connectivity index (χ1n) is 11.0. The summed E-state index contributed by atoms with van der Waals surface area (Å²) in [5.74, 6) is -1.94. The summed E-state index contributed by atoms with van der Waals surface area (Å²) in [4.78, 5) is 25.9. The Morgan fingerprint density at radius 3 is 2.80 bits per heavy atom. The van der Waals surface area contributed by atoms with Crippen LogP contribution in [0.4, 0.5) is 13.2 Å². The second-order valence-electron chi connectivity index (χ2n) is 8.28. The van der Waals surface area contributed by atoms with Crippen molar-refractivity contribution in [2.45, 2.75) is 37.6 Å². The van der Waals surface area contributed by atoms with Crippen LogP contribution in [-0.2, 0) is 23.1 Å². The van der Waals surface area contributed by atoms with Crippen molar-refractivity contribution in [2.75, 3.05) is 13.1 Å². The number of carboxylic acid groups (broad SMARTS) is 1. The predicted octanol–water partition coefficient (Wildman–Crippen LogP) is 2.44. The number of pyridine rings is 1. The van der Waals surface area contributed by atoms with E-state index in [-0.39, 0.29) is 18.1 Å². The molecule has 1 amide bonds. The Hall–Kier alpha value is -3.67. The maximum absolute atomic E-state index is 12.4. The summed E-state index contributed by atoms with van der Waals surface area (Å²) in [6.07, 6.45) is -0.968. The van der Waals surface area contributed by atoms with Crippen LogP contribution < -0.4 is 15.4 Å². The van der Waals surface area contributed by atoms with E-state index in [0.29, 0.717) is 19.5 Å². The zero-order chi connectivity index (χ0) is 25.2. The smallest absolute Gasteiger partial charge is 0.489 e. The van der Waals surface area contributed by atoms with Crippen molar-refractivity contribution in [2.24, 2.45) is 7.05 Å². The van der Waals surface area contributed by atoms with Crippen LogP contribution in [0.2, 0.25) is 0 Å². The Kier molecular flexibility index (Phi) is 6.92. The van der Waals surface area contributed by atoms with Crippen molar-refractivity contribution < 1.29 is 32.6 Å². The third-order valence-electron chi connectivity index (χ3n) is 5.83. The van der Waals surface area contributed by atoms with Gasteiger partial charge in [-0.15, -0.1) is 0 Å². The fourth-order valence-electron chi connectivity index (χ4n) is 4.22. The Balaban J connectivity index is 0.000000364. The molecule has 3 aromatic rings. The van der Waals surface area contributed by atoms with Crippen molar-refractivity contribution in [3.63, 3.8) is 0 Å². The van der Waals surface area contributed by atoms with Gasteiger partial charge in [0.25, 0.3) is 0 Å². The molecule has 5 rings (SSSR count). The van der Waals surface area contributed by atoms with Crippen LogP contribution in [0.3, 0.4) is 0 Å². The lowest BCUT2D eigenvalue weighted by atomic mass is 10.0. The highest BCUT2D eigenvalue weighted by Gasteiger charge is 2.38. The molecule has 0 aliphatic carbocycles. The highest BCUT2D eigenvalue weighted by Crippen LogP contribution is 2.32. The number of carboxylic acids is 1. The maximum atomic E-state index is 12.4. The quantitative estimate of drug-likeness (QED) is 0.442. The maximum Gasteiger partial charge on any atom is 0.490 e. The third kappa shape index (κ3) is 5.53. The number of aliphatic carboxylic acids is 1. The molecule has 1 saturated heterocycles. The Labute approximate surface area is 198 Å². The Morgan fingerprint density at radius 2 is 2.06 bits per heavy atom. The molecule has 0 radical (unpaired) electrons. The summed E-state index contributed by atoms with van der Waals surface area (Å²) in [7, 11) is 1.97. The predicted molar refractivity (Wildman–Crippen MR) is 120 cm³/mol. The molecule has 0 saturated carbocycles. The number of benzene rings is 1. The first-order chi connectivity index (χ1) is 16.6. The van der Waals surface area contributed by atoms with Crippen molar-refractivity contribution in [1.29, 1.82) is 0 Å². The fourth-order valence-corrected chi connectivity index (χ4v) is 4.22. The number of fused-ring (bicyclic) bond motifs is 5. The molecule has 2 atom stereocenters. The molecule has 3 N–H and O–H groups in total. The molecule has 2 aliphatic rings. The van der Waals surface area contributed by atoms with Crippen LogP contribution in [-0.4, -0.2) is 63.2 Å². The first kappa shape index (κ1) is 24.5. The zero-order valence-corrected chi connectivity index (χ0v) is 18.8. The average Bonchev–Trinajstić information content (AvgIpc) is 3.39. The van der Waals surface area contributed by atoms with Crippen LogP contribution in [0.25, 0.3) is 22.2 Å². The number of aromatic nitrogens is 3. The standard InChI is InChI=1S/C21H23N5O2.C2HF3O2/c1-26-19-6-3-8-23-21(27)18-11-14(12-24-18)28-13-7-9-22-17(10-13)15-4-2-5-16(25-26)20(15)19;3-2(4,5)1(6)7/h2,4-5,7,9-10,14,18,24H,3,6,8,11-12H2,1H3,(H,23,27);(H,6,7). The topological polar surface area (TPSA) is 118 Å². The van der Waals surface area contributed by atoms with Crippen molar-refractivity contribution in [3.8, 4) is 17.0 Å². The Bertz CT molecular complexity index is 1240. The summed E-state index contributed by atoms with van der Waals surface area (Å²) < 4.78 is 39.8. The lowest BCUT2D eigenvalue weighted by Gasteiger charge is -2.14. The van der Waals surface area contributed by atoms with Crippen LogP contribution >= 0.6 is 0 Å². The largest absolute Gasteiger partial charge is 0.490 e. The molecule has 186 valence electrons. The fraction of sp³-hybridized carbons (Fsp3) is 0.391. The highest BCUT2D eigenvalue weighted by atomic mass is 19.4. The second kappa shape index (κ2) is 9.90. The summed E-state index contributed by atoms with van der Waals surface area (Å²) in [6, 6.07) is 9.80. The number of hydrogen-bond donors (Lipinski definition) is 3. The first-order valence-corrected chi connectivity index (χ1v) is 11.0. The SMILES string of the molecule is Cn1nc2cccc3c2c1CCCNC(=O)C1CC(CN1)Oc1ccnc-3c1.O=C(O)C(F)(F)F. The van der Waals surface area contributed by atoms with Gasteiger partial charge in [0.05, 0.1) is 17.3 Å². The van der Waals surface area contributed by atoms with E-state index >= 15 is 0 Å². The third-order valence-corrected chi connectivity index (χ3v) is 5.83. The van der Waals surface area contributed by atoms with Crippen molar-refractivity contribution >= 4 is 22.8 Å². The molecular formula is C23H24F3N5O4. The zero-order valence-electron chi connectivity index (χ0n) is 18.8. The molecule has 4 heterocycles. The normalized spacial score (nSPS) is 20.1. The van der Waals surface area contributed by atoms with Gasteiger partial charge >= 0.3 is 12.1 Å². The molecule has 9 nitrogen and oxygen atoms in total. The van der Waals surface area contributed by atoms with Gasteiger partial charge in [0, 0.05) is 55.5 Å². The van der Waals surface area contributed by atoms with Gasteiger partial charge in [-0.3, -0.25) is 14.5 Å².